The van der Waals surface area contributed by atoms with Gasteiger partial charge >= 0.3 is 0 Å². The van der Waals surface area contributed by atoms with Crippen LogP contribution in [-0.2, 0) is 11.2 Å². The molecular formula is C19H22N2O2. The minimum atomic E-state index is -0.368. The van der Waals surface area contributed by atoms with Gasteiger partial charge in [0.1, 0.15) is 6.04 Å². The third-order valence-corrected chi connectivity index (χ3v) is 3.60. The summed E-state index contributed by atoms with van der Waals surface area (Å²) in [5.41, 5.74) is 2.60. The number of rotatable bonds is 7. The Bertz CT molecular complexity index is 668. The molecule has 2 aromatic rings. The van der Waals surface area contributed by atoms with Crippen LogP contribution >= 0.6 is 0 Å². The van der Waals surface area contributed by atoms with Gasteiger partial charge in [-0.05, 0) is 38.0 Å². The second-order valence-electron chi connectivity index (χ2n) is 5.53. The number of carbonyl (C=O) groups is 2. The van der Waals surface area contributed by atoms with Gasteiger partial charge in [-0.3, -0.25) is 9.59 Å². The second-order valence-corrected chi connectivity index (χ2v) is 5.53. The summed E-state index contributed by atoms with van der Waals surface area (Å²) in [5, 5.41) is 6.04. The smallest absolute Gasteiger partial charge is 0.242 e. The standard InChI is InChI=1S/C19H22N2O2/c1-14(21-18-10-6-9-17(13-18)15(2)22)19(23)20-12-11-16-7-4-3-5-8-16/h3-10,13-14,21H,11-12H2,1-2H3,(H,20,23)/t14-/m1/s1. The maximum absolute atomic E-state index is 12.1. The van der Waals surface area contributed by atoms with E-state index in [2.05, 4.69) is 10.6 Å². The fourth-order valence-electron chi connectivity index (χ4n) is 2.27. The van der Waals surface area contributed by atoms with Gasteiger partial charge in [-0.25, -0.2) is 0 Å². The molecule has 0 radical (unpaired) electrons. The molecule has 4 heteroatoms. The zero-order valence-electron chi connectivity index (χ0n) is 13.5. The van der Waals surface area contributed by atoms with Crippen molar-refractivity contribution in [2.45, 2.75) is 26.3 Å². The Labute approximate surface area is 136 Å². The first kappa shape index (κ1) is 16.7. The van der Waals surface area contributed by atoms with Crippen LogP contribution in [0.3, 0.4) is 0 Å². The van der Waals surface area contributed by atoms with E-state index in [1.807, 2.05) is 36.4 Å². The van der Waals surface area contributed by atoms with E-state index in [1.54, 1.807) is 25.1 Å². The van der Waals surface area contributed by atoms with Crippen molar-refractivity contribution in [3.8, 4) is 0 Å². The minimum absolute atomic E-state index is 0.00798. The Balaban J connectivity index is 1.83. The summed E-state index contributed by atoms with van der Waals surface area (Å²) in [6, 6.07) is 16.8. The third-order valence-electron chi connectivity index (χ3n) is 3.60. The van der Waals surface area contributed by atoms with Crippen molar-refractivity contribution in [1.82, 2.24) is 5.32 Å². The highest BCUT2D eigenvalue weighted by atomic mass is 16.2. The minimum Gasteiger partial charge on any atom is -0.374 e. The summed E-state index contributed by atoms with van der Waals surface area (Å²) in [6.07, 6.45) is 0.805. The average Bonchev–Trinajstić information content (AvgIpc) is 2.56. The molecule has 4 nitrogen and oxygen atoms in total. The predicted molar refractivity (Wildman–Crippen MR) is 92.7 cm³/mol. The molecule has 0 unspecified atom stereocenters. The first-order chi connectivity index (χ1) is 11.1. The van der Waals surface area contributed by atoms with Crippen molar-refractivity contribution < 1.29 is 9.59 Å². The lowest BCUT2D eigenvalue weighted by molar-refractivity contribution is -0.121. The fourth-order valence-corrected chi connectivity index (χ4v) is 2.27. The molecule has 2 rings (SSSR count). The van der Waals surface area contributed by atoms with Crippen molar-refractivity contribution in [1.29, 1.82) is 0 Å². The van der Waals surface area contributed by atoms with Gasteiger partial charge in [0.2, 0.25) is 5.91 Å². The third kappa shape index (κ3) is 5.25. The van der Waals surface area contributed by atoms with Gasteiger partial charge in [0, 0.05) is 17.8 Å². The van der Waals surface area contributed by atoms with Crippen LogP contribution in [0.15, 0.2) is 54.6 Å². The highest BCUT2D eigenvalue weighted by Gasteiger charge is 2.12. The van der Waals surface area contributed by atoms with E-state index in [-0.39, 0.29) is 17.7 Å². The van der Waals surface area contributed by atoms with E-state index in [1.165, 1.54) is 12.5 Å². The predicted octanol–water partition coefficient (Wildman–Crippen LogP) is 3.05. The van der Waals surface area contributed by atoms with Gasteiger partial charge in [-0.1, -0.05) is 42.5 Å². The van der Waals surface area contributed by atoms with Crippen LogP contribution in [0.1, 0.15) is 29.8 Å². The summed E-state index contributed by atoms with van der Waals surface area (Å²) in [6.45, 7) is 3.93. The highest BCUT2D eigenvalue weighted by molar-refractivity contribution is 5.95. The number of carbonyl (C=O) groups excluding carboxylic acids is 2. The van der Waals surface area contributed by atoms with Crippen molar-refractivity contribution in [3.05, 3.63) is 65.7 Å². The molecule has 0 bridgehead atoms. The Kier molecular flexibility index (Phi) is 5.92. The van der Waals surface area contributed by atoms with E-state index in [0.717, 1.165) is 12.1 Å². The van der Waals surface area contributed by atoms with E-state index < -0.39 is 0 Å². The number of benzene rings is 2. The molecule has 1 amide bonds. The van der Waals surface area contributed by atoms with Crippen LogP contribution in [0.2, 0.25) is 0 Å². The normalized spacial score (nSPS) is 11.6. The Morgan fingerprint density at radius 2 is 1.78 bits per heavy atom. The van der Waals surface area contributed by atoms with E-state index in [9.17, 15) is 9.59 Å². The van der Waals surface area contributed by atoms with E-state index >= 15 is 0 Å². The monoisotopic (exact) mass is 310 g/mol. The first-order valence-corrected chi connectivity index (χ1v) is 7.75. The molecule has 23 heavy (non-hydrogen) atoms. The van der Waals surface area contributed by atoms with Crippen LogP contribution in [-0.4, -0.2) is 24.3 Å². The summed E-state index contributed by atoms with van der Waals surface area (Å²) in [7, 11) is 0. The summed E-state index contributed by atoms with van der Waals surface area (Å²) >= 11 is 0. The lowest BCUT2D eigenvalue weighted by atomic mass is 10.1. The number of nitrogens with one attached hydrogen (secondary N) is 2. The van der Waals surface area contributed by atoms with Crippen LogP contribution in [0.4, 0.5) is 5.69 Å². The molecular weight excluding hydrogens is 288 g/mol. The molecule has 120 valence electrons. The lowest BCUT2D eigenvalue weighted by Crippen LogP contribution is -2.38. The second kappa shape index (κ2) is 8.13. The number of ketones is 1. The Hall–Kier alpha value is -2.62. The van der Waals surface area contributed by atoms with Gasteiger partial charge in [-0.2, -0.15) is 0 Å². The van der Waals surface area contributed by atoms with Gasteiger partial charge in [0.15, 0.2) is 5.78 Å². The van der Waals surface area contributed by atoms with Gasteiger partial charge in [0.25, 0.3) is 0 Å². The van der Waals surface area contributed by atoms with Crippen LogP contribution < -0.4 is 10.6 Å². The lowest BCUT2D eigenvalue weighted by Gasteiger charge is -2.15. The molecule has 0 aliphatic heterocycles. The number of anilines is 1. The highest BCUT2D eigenvalue weighted by Crippen LogP contribution is 2.12. The molecule has 0 aliphatic rings. The van der Waals surface area contributed by atoms with Crippen LogP contribution in [0, 0.1) is 0 Å². The SMILES string of the molecule is CC(=O)c1cccc(N[C@H](C)C(=O)NCCc2ccccc2)c1. The summed E-state index contributed by atoms with van der Waals surface area (Å²) in [5.74, 6) is -0.0530. The Morgan fingerprint density at radius 1 is 1.04 bits per heavy atom. The molecule has 0 aliphatic carbocycles. The van der Waals surface area contributed by atoms with E-state index in [0.29, 0.717) is 12.1 Å². The summed E-state index contributed by atoms with van der Waals surface area (Å²) in [4.78, 5) is 23.5. The molecule has 0 saturated carbocycles. The van der Waals surface area contributed by atoms with Crippen molar-refractivity contribution in [2.24, 2.45) is 0 Å². The van der Waals surface area contributed by atoms with E-state index in [4.69, 9.17) is 0 Å². The van der Waals surface area contributed by atoms with Crippen molar-refractivity contribution >= 4 is 17.4 Å². The fraction of sp³-hybridized carbons (Fsp3) is 0.263. The van der Waals surface area contributed by atoms with Gasteiger partial charge in [-0.15, -0.1) is 0 Å². The Morgan fingerprint density at radius 3 is 2.48 bits per heavy atom. The zero-order valence-corrected chi connectivity index (χ0v) is 13.5. The average molecular weight is 310 g/mol. The number of hydrogen-bond acceptors (Lipinski definition) is 3. The molecule has 2 N–H and O–H groups in total. The number of amides is 1. The first-order valence-electron chi connectivity index (χ1n) is 7.75. The van der Waals surface area contributed by atoms with Crippen molar-refractivity contribution in [3.63, 3.8) is 0 Å². The van der Waals surface area contributed by atoms with Crippen molar-refractivity contribution in [2.75, 3.05) is 11.9 Å². The molecule has 0 fully saturated rings. The molecule has 2 aromatic carbocycles. The molecule has 0 saturated heterocycles. The van der Waals surface area contributed by atoms with Gasteiger partial charge < -0.3 is 10.6 Å². The van der Waals surface area contributed by atoms with Crippen LogP contribution in [0.25, 0.3) is 0 Å². The summed E-state index contributed by atoms with van der Waals surface area (Å²) < 4.78 is 0. The van der Waals surface area contributed by atoms with Gasteiger partial charge in [0.05, 0.1) is 0 Å². The largest absolute Gasteiger partial charge is 0.374 e. The quantitative estimate of drug-likeness (QED) is 0.773. The van der Waals surface area contributed by atoms with Crippen LogP contribution in [0.5, 0.6) is 0 Å². The molecule has 1 atom stereocenters. The maximum Gasteiger partial charge on any atom is 0.242 e. The molecule has 0 spiro atoms. The maximum atomic E-state index is 12.1. The number of hydrogen-bond donors (Lipinski definition) is 2. The number of Topliss-reactive ketones (excluding diaryl/α,β-unsaturated/α-hetero) is 1. The topological polar surface area (TPSA) is 58.2 Å². The molecule has 0 aromatic heterocycles. The molecule has 0 heterocycles. The zero-order chi connectivity index (χ0) is 16.7.